The van der Waals surface area contributed by atoms with Gasteiger partial charge in [-0.2, -0.15) is 5.10 Å². The summed E-state index contributed by atoms with van der Waals surface area (Å²) >= 11 is 0. The summed E-state index contributed by atoms with van der Waals surface area (Å²) in [5, 5.41) is 24.6. The van der Waals surface area contributed by atoms with Crippen LogP contribution in [-0.2, 0) is 14.3 Å². The minimum absolute atomic E-state index is 0.0347. The Balaban J connectivity index is 1.88. The van der Waals surface area contributed by atoms with Crippen molar-refractivity contribution in [2.45, 2.75) is 65.0 Å². The van der Waals surface area contributed by atoms with Gasteiger partial charge in [0.05, 0.1) is 19.9 Å². The molecule has 2 aromatic carbocycles. The molecule has 0 saturated heterocycles. The summed E-state index contributed by atoms with van der Waals surface area (Å²) in [7, 11) is 1.55. The van der Waals surface area contributed by atoms with E-state index in [0.717, 1.165) is 11.1 Å². The molecule has 0 aliphatic rings. The van der Waals surface area contributed by atoms with Crippen molar-refractivity contribution in [1.82, 2.24) is 20.4 Å². The standard InChI is InChI=1S/C31H43N5O6/c1-30(2,3)41-26(37)20-32-15-16-36(29(39)42-31(4,5)6)27(22-9-8-10-25(17-22)40-7)28(38)35-24-13-11-21(12-14-24)23-18-33-34-19-23/h8-14,17-19,27-28,32,35,38H,15-16,20H2,1-7H3,(H,33,34). The maximum Gasteiger partial charge on any atom is 0.411 e. The molecule has 2 atom stereocenters. The van der Waals surface area contributed by atoms with Crippen molar-refractivity contribution >= 4 is 17.7 Å². The number of carbonyl (C=O) groups is 2. The second-order valence-electron chi connectivity index (χ2n) is 11.8. The first-order chi connectivity index (χ1) is 19.8. The molecule has 0 aliphatic heterocycles. The lowest BCUT2D eigenvalue weighted by molar-refractivity contribution is -0.153. The second kappa shape index (κ2) is 14.2. The average Bonchev–Trinajstić information content (AvgIpc) is 3.44. The van der Waals surface area contributed by atoms with Crippen molar-refractivity contribution in [3.63, 3.8) is 0 Å². The Morgan fingerprint density at radius 1 is 1.00 bits per heavy atom. The van der Waals surface area contributed by atoms with E-state index in [4.69, 9.17) is 14.2 Å². The zero-order valence-corrected chi connectivity index (χ0v) is 25.4. The highest BCUT2D eigenvalue weighted by atomic mass is 16.6. The van der Waals surface area contributed by atoms with E-state index in [0.29, 0.717) is 17.0 Å². The van der Waals surface area contributed by atoms with E-state index in [1.54, 1.807) is 79.2 Å². The van der Waals surface area contributed by atoms with Crippen LogP contribution in [0.25, 0.3) is 11.1 Å². The molecule has 1 aromatic heterocycles. The molecule has 3 aromatic rings. The van der Waals surface area contributed by atoms with Crippen LogP contribution in [0.4, 0.5) is 10.5 Å². The molecule has 11 nitrogen and oxygen atoms in total. The first-order valence-electron chi connectivity index (χ1n) is 13.9. The number of hydrogen-bond donors (Lipinski definition) is 4. The highest BCUT2D eigenvalue weighted by Gasteiger charge is 2.34. The van der Waals surface area contributed by atoms with E-state index < -0.39 is 35.5 Å². The maximum absolute atomic E-state index is 13.6. The Morgan fingerprint density at radius 3 is 2.29 bits per heavy atom. The number of nitrogens with one attached hydrogen (secondary N) is 3. The number of nitrogens with zero attached hydrogens (tertiary/aromatic N) is 2. The number of benzene rings is 2. The summed E-state index contributed by atoms with van der Waals surface area (Å²) in [5.74, 6) is 0.164. The van der Waals surface area contributed by atoms with Crippen molar-refractivity contribution < 1.29 is 28.9 Å². The van der Waals surface area contributed by atoms with Gasteiger partial charge < -0.3 is 30.0 Å². The number of hydrogen-bond acceptors (Lipinski definition) is 9. The zero-order chi connectivity index (χ0) is 30.9. The van der Waals surface area contributed by atoms with E-state index in [1.807, 2.05) is 30.3 Å². The van der Waals surface area contributed by atoms with E-state index in [-0.39, 0.29) is 19.6 Å². The molecule has 0 saturated carbocycles. The Morgan fingerprint density at radius 2 is 1.69 bits per heavy atom. The SMILES string of the molecule is COc1cccc(C(C(O)Nc2ccc(-c3cn[nH]c3)cc2)N(CCNCC(=O)OC(C)(C)C)C(=O)OC(C)(C)C)c1. The molecular weight excluding hydrogens is 538 g/mol. The maximum atomic E-state index is 13.6. The third-order valence-corrected chi connectivity index (χ3v) is 5.95. The van der Waals surface area contributed by atoms with Crippen LogP contribution in [0.2, 0.25) is 0 Å². The number of esters is 1. The van der Waals surface area contributed by atoms with Crippen molar-refractivity contribution in [3.05, 3.63) is 66.5 Å². The summed E-state index contributed by atoms with van der Waals surface area (Å²) < 4.78 is 16.5. The van der Waals surface area contributed by atoms with E-state index in [2.05, 4.69) is 20.8 Å². The number of aromatic nitrogens is 2. The van der Waals surface area contributed by atoms with Crippen molar-refractivity contribution in [3.8, 4) is 16.9 Å². The first-order valence-corrected chi connectivity index (χ1v) is 13.9. The largest absolute Gasteiger partial charge is 0.497 e. The van der Waals surface area contributed by atoms with E-state index >= 15 is 0 Å². The Hall–Kier alpha value is -4.09. The van der Waals surface area contributed by atoms with Crippen molar-refractivity contribution in [1.29, 1.82) is 0 Å². The van der Waals surface area contributed by atoms with Crippen LogP contribution in [-0.4, -0.2) is 76.4 Å². The number of H-pyrrole nitrogens is 1. The number of aliphatic hydroxyl groups excluding tert-OH is 1. The molecule has 2 unspecified atom stereocenters. The monoisotopic (exact) mass is 581 g/mol. The molecule has 0 bridgehead atoms. The topological polar surface area (TPSA) is 138 Å². The van der Waals surface area contributed by atoms with Crippen molar-refractivity contribution in [2.24, 2.45) is 0 Å². The van der Waals surface area contributed by atoms with Gasteiger partial charge >= 0.3 is 12.1 Å². The molecule has 3 rings (SSSR count). The summed E-state index contributed by atoms with van der Waals surface area (Å²) in [4.78, 5) is 27.2. The van der Waals surface area contributed by atoms with Crippen LogP contribution >= 0.6 is 0 Å². The van der Waals surface area contributed by atoms with Gasteiger partial charge in [0.2, 0.25) is 0 Å². The molecule has 11 heteroatoms. The molecule has 0 fully saturated rings. The van der Waals surface area contributed by atoms with Gasteiger partial charge in [-0.3, -0.25) is 14.8 Å². The lowest BCUT2D eigenvalue weighted by Gasteiger charge is -2.37. The van der Waals surface area contributed by atoms with Crippen LogP contribution in [0.1, 0.15) is 53.1 Å². The molecule has 0 radical (unpaired) electrons. The fraction of sp³-hybridized carbons (Fsp3) is 0.452. The van der Waals surface area contributed by atoms with Crippen LogP contribution in [0.15, 0.2) is 60.9 Å². The number of aliphatic hydroxyl groups is 1. The van der Waals surface area contributed by atoms with Gasteiger partial charge in [-0.05, 0) is 76.9 Å². The van der Waals surface area contributed by atoms with Gasteiger partial charge in [0.1, 0.15) is 29.2 Å². The van der Waals surface area contributed by atoms with Gasteiger partial charge in [0, 0.05) is 30.5 Å². The predicted octanol–water partition coefficient (Wildman–Crippen LogP) is 4.73. The number of aromatic amines is 1. The zero-order valence-electron chi connectivity index (χ0n) is 25.4. The normalized spacial score (nSPS) is 13.1. The van der Waals surface area contributed by atoms with Crippen molar-refractivity contribution in [2.75, 3.05) is 32.1 Å². The fourth-order valence-corrected chi connectivity index (χ4v) is 4.21. The number of methoxy groups -OCH3 is 1. The van der Waals surface area contributed by atoms with E-state index in [1.165, 1.54) is 4.90 Å². The Bertz CT molecular complexity index is 1280. The smallest absolute Gasteiger partial charge is 0.411 e. The molecule has 0 aliphatic carbocycles. The second-order valence-corrected chi connectivity index (χ2v) is 11.8. The summed E-state index contributed by atoms with van der Waals surface area (Å²) in [6.45, 7) is 11.1. The van der Waals surface area contributed by atoms with Gasteiger partial charge in [0.15, 0.2) is 0 Å². The van der Waals surface area contributed by atoms with E-state index in [9.17, 15) is 14.7 Å². The number of ether oxygens (including phenoxy) is 3. The summed E-state index contributed by atoms with van der Waals surface area (Å²) in [6, 6.07) is 13.8. The van der Waals surface area contributed by atoms with Gasteiger partial charge in [0.25, 0.3) is 0 Å². The highest BCUT2D eigenvalue weighted by molar-refractivity contribution is 5.72. The minimum atomic E-state index is -1.24. The van der Waals surface area contributed by atoms with Crippen LogP contribution in [0, 0.1) is 0 Å². The lowest BCUT2D eigenvalue weighted by atomic mass is 10.0. The van der Waals surface area contributed by atoms with Crippen LogP contribution in [0.3, 0.4) is 0 Å². The minimum Gasteiger partial charge on any atom is -0.497 e. The molecule has 1 amide bonds. The Labute approximate surface area is 247 Å². The van der Waals surface area contributed by atoms with Crippen LogP contribution < -0.4 is 15.4 Å². The Kier molecular flexibility index (Phi) is 11.0. The lowest BCUT2D eigenvalue weighted by Crippen LogP contribution is -2.48. The quantitative estimate of drug-likeness (QED) is 0.136. The number of anilines is 1. The fourth-order valence-electron chi connectivity index (χ4n) is 4.21. The molecule has 1 heterocycles. The highest BCUT2D eigenvalue weighted by Crippen LogP contribution is 2.30. The molecule has 4 N–H and O–H groups in total. The molecular formula is C31H43N5O6. The van der Waals surface area contributed by atoms with Gasteiger partial charge in [-0.25, -0.2) is 4.79 Å². The van der Waals surface area contributed by atoms with Crippen LogP contribution in [0.5, 0.6) is 5.75 Å². The molecule has 228 valence electrons. The number of amides is 1. The number of carbonyl (C=O) groups excluding carboxylic acids is 2. The third-order valence-electron chi connectivity index (χ3n) is 5.95. The number of rotatable bonds is 12. The first kappa shape index (κ1) is 32.4. The van der Waals surface area contributed by atoms with Gasteiger partial charge in [-0.1, -0.05) is 24.3 Å². The predicted molar refractivity (Wildman–Crippen MR) is 161 cm³/mol. The molecule has 0 spiro atoms. The third kappa shape index (κ3) is 10.1. The summed E-state index contributed by atoms with van der Waals surface area (Å²) in [5.41, 5.74) is 1.79. The molecule has 42 heavy (non-hydrogen) atoms. The van der Waals surface area contributed by atoms with Gasteiger partial charge in [-0.15, -0.1) is 0 Å². The average molecular weight is 582 g/mol. The summed E-state index contributed by atoms with van der Waals surface area (Å²) in [6.07, 6.45) is 1.66.